The monoisotopic (exact) mass is 288 g/mol. The summed E-state index contributed by atoms with van der Waals surface area (Å²) in [5.74, 6) is 0.0704. The highest BCUT2D eigenvalue weighted by Gasteiger charge is 2.18. The summed E-state index contributed by atoms with van der Waals surface area (Å²) < 4.78 is 10.7. The van der Waals surface area contributed by atoms with Crippen LogP contribution in [0, 0.1) is 0 Å². The zero-order valence-corrected chi connectivity index (χ0v) is 10.7. The molecule has 0 aliphatic heterocycles. The summed E-state index contributed by atoms with van der Waals surface area (Å²) >= 11 is 3.30. The molecule has 0 saturated heterocycles. The largest absolute Gasteiger partial charge is 0.463 e. The number of anilines is 1. The van der Waals surface area contributed by atoms with E-state index < -0.39 is 12.2 Å². The van der Waals surface area contributed by atoms with Crippen molar-refractivity contribution in [3.63, 3.8) is 0 Å². The van der Waals surface area contributed by atoms with E-state index in [1.54, 1.807) is 25.3 Å². The molecule has 0 spiro atoms. The molecule has 5 nitrogen and oxygen atoms in total. The zero-order chi connectivity index (χ0) is 12.0. The van der Waals surface area contributed by atoms with Crippen LogP contribution >= 0.6 is 15.9 Å². The van der Waals surface area contributed by atoms with E-state index in [2.05, 4.69) is 26.2 Å². The average Bonchev–Trinajstić information content (AvgIpc) is 2.26. The molecule has 1 aromatic rings. The number of pyridine rings is 1. The molecule has 0 aliphatic carbocycles. The summed E-state index contributed by atoms with van der Waals surface area (Å²) in [5, 5.41) is 2.82. The summed E-state index contributed by atoms with van der Waals surface area (Å²) in [4.78, 5) is 15.5. The second-order valence-corrected chi connectivity index (χ2v) is 3.79. The Balaban J connectivity index is 2.66. The molecule has 1 N–H and O–H groups in total. The van der Waals surface area contributed by atoms with Crippen LogP contribution in [0.15, 0.2) is 22.8 Å². The van der Waals surface area contributed by atoms with Gasteiger partial charge in [-0.1, -0.05) is 15.9 Å². The van der Waals surface area contributed by atoms with Crippen molar-refractivity contribution in [3.8, 4) is 0 Å². The maximum Gasteiger partial charge on any atom is 0.356 e. The molecule has 1 atom stereocenters. The van der Waals surface area contributed by atoms with E-state index in [0.29, 0.717) is 12.4 Å². The molecule has 6 heteroatoms. The van der Waals surface area contributed by atoms with Gasteiger partial charge in [-0.2, -0.15) is 0 Å². The number of hydrogen-bond donors (Lipinski definition) is 1. The molecule has 1 rings (SSSR count). The van der Waals surface area contributed by atoms with Crippen LogP contribution in [-0.4, -0.2) is 30.9 Å². The fourth-order valence-electron chi connectivity index (χ4n) is 1.05. The predicted octanol–water partition coefficient (Wildman–Crippen LogP) is 1.79. The highest BCUT2D eigenvalue weighted by molar-refractivity contribution is 9.10. The first kappa shape index (κ1) is 12.9. The summed E-state index contributed by atoms with van der Waals surface area (Å²) in [7, 11) is 1.42. The number of nitrogens with zero attached hydrogens (tertiary/aromatic N) is 1. The second-order valence-electron chi connectivity index (χ2n) is 2.87. The number of carbonyl (C=O) groups is 1. The summed E-state index contributed by atoms with van der Waals surface area (Å²) in [6.07, 6.45) is 0.770. The first-order valence-electron chi connectivity index (χ1n) is 4.75. The van der Waals surface area contributed by atoms with Crippen LogP contribution in [-0.2, 0) is 14.3 Å². The Bertz CT molecular complexity index is 360. The smallest absolute Gasteiger partial charge is 0.356 e. The minimum absolute atomic E-state index is 0.312. The van der Waals surface area contributed by atoms with Crippen LogP contribution in [0.1, 0.15) is 6.92 Å². The van der Waals surface area contributed by atoms with Crippen molar-refractivity contribution in [1.29, 1.82) is 0 Å². The molecule has 0 aliphatic rings. The standard InChI is InChI=1S/C10H13BrN2O3/c1-3-16-10(14)9(15-2)13-8-6-7(11)4-5-12-8/h4-6,9H,3H2,1-2H3,(H,12,13). The van der Waals surface area contributed by atoms with Gasteiger partial charge in [0, 0.05) is 17.8 Å². The molecule has 1 unspecified atom stereocenters. The van der Waals surface area contributed by atoms with Crippen LogP contribution in [0.2, 0.25) is 0 Å². The van der Waals surface area contributed by atoms with Crippen LogP contribution < -0.4 is 5.32 Å². The zero-order valence-electron chi connectivity index (χ0n) is 9.07. The molecular weight excluding hydrogens is 276 g/mol. The number of hydrogen-bond acceptors (Lipinski definition) is 5. The van der Waals surface area contributed by atoms with Gasteiger partial charge in [-0.05, 0) is 19.1 Å². The number of carbonyl (C=O) groups excluding carboxylic acids is 1. The van der Waals surface area contributed by atoms with Gasteiger partial charge in [-0.25, -0.2) is 9.78 Å². The quantitative estimate of drug-likeness (QED) is 0.661. The number of halogens is 1. The molecule has 0 radical (unpaired) electrons. The Labute approximate surface area is 102 Å². The van der Waals surface area contributed by atoms with E-state index in [4.69, 9.17) is 9.47 Å². The van der Waals surface area contributed by atoms with Crippen molar-refractivity contribution in [2.75, 3.05) is 19.0 Å². The third-order valence-electron chi connectivity index (χ3n) is 1.74. The number of esters is 1. The van der Waals surface area contributed by atoms with E-state index in [-0.39, 0.29) is 0 Å². The number of aromatic nitrogens is 1. The minimum atomic E-state index is -0.846. The Hall–Kier alpha value is -1.14. The van der Waals surface area contributed by atoms with E-state index in [1.165, 1.54) is 7.11 Å². The SMILES string of the molecule is CCOC(=O)C(Nc1cc(Br)ccn1)OC. The first-order valence-corrected chi connectivity index (χ1v) is 5.54. The molecule has 1 heterocycles. The third-order valence-corrected chi connectivity index (χ3v) is 2.23. The topological polar surface area (TPSA) is 60.5 Å². The molecule has 0 fully saturated rings. The summed E-state index contributed by atoms with van der Waals surface area (Å²) in [6.45, 7) is 2.05. The number of rotatable bonds is 5. The maximum atomic E-state index is 11.4. The average molecular weight is 289 g/mol. The van der Waals surface area contributed by atoms with Gasteiger partial charge in [0.2, 0.25) is 6.23 Å². The van der Waals surface area contributed by atoms with Gasteiger partial charge in [0.25, 0.3) is 0 Å². The lowest BCUT2D eigenvalue weighted by molar-refractivity contribution is -0.153. The Kier molecular flexibility index (Phi) is 5.21. The molecule has 0 amide bonds. The highest BCUT2D eigenvalue weighted by atomic mass is 79.9. The van der Waals surface area contributed by atoms with E-state index in [1.807, 2.05) is 0 Å². The third kappa shape index (κ3) is 3.79. The Morgan fingerprint density at radius 2 is 2.44 bits per heavy atom. The number of methoxy groups -OCH3 is 1. The number of nitrogens with one attached hydrogen (secondary N) is 1. The molecule has 16 heavy (non-hydrogen) atoms. The van der Waals surface area contributed by atoms with Gasteiger partial charge in [-0.15, -0.1) is 0 Å². The van der Waals surface area contributed by atoms with Gasteiger partial charge in [0.05, 0.1) is 6.61 Å². The summed E-state index contributed by atoms with van der Waals surface area (Å²) in [6, 6.07) is 3.53. The van der Waals surface area contributed by atoms with Gasteiger partial charge in [0.15, 0.2) is 0 Å². The van der Waals surface area contributed by atoms with Crippen LogP contribution in [0.4, 0.5) is 5.82 Å². The lowest BCUT2D eigenvalue weighted by Crippen LogP contribution is -2.33. The lowest BCUT2D eigenvalue weighted by atomic mass is 10.4. The van der Waals surface area contributed by atoms with E-state index in [9.17, 15) is 4.79 Å². The van der Waals surface area contributed by atoms with Gasteiger partial charge >= 0.3 is 5.97 Å². The second kappa shape index (κ2) is 6.44. The molecule has 0 saturated carbocycles. The van der Waals surface area contributed by atoms with Gasteiger partial charge < -0.3 is 14.8 Å². The molecular formula is C10H13BrN2O3. The van der Waals surface area contributed by atoms with Crippen molar-refractivity contribution in [3.05, 3.63) is 22.8 Å². The minimum Gasteiger partial charge on any atom is -0.463 e. The Morgan fingerprint density at radius 3 is 3.00 bits per heavy atom. The normalized spacial score (nSPS) is 11.9. The molecule has 0 bridgehead atoms. The summed E-state index contributed by atoms with van der Waals surface area (Å²) in [5.41, 5.74) is 0. The first-order chi connectivity index (χ1) is 7.67. The fraction of sp³-hybridized carbons (Fsp3) is 0.400. The molecule has 1 aromatic heterocycles. The predicted molar refractivity (Wildman–Crippen MR) is 63.0 cm³/mol. The molecule has 88 valence electrons. The van der Waals surface area contributed by atoms with Crippen LogP contribution in [0.25, 0.3) is 0 Å². The van der Waals surface area contributed by atoms with Crippen molar-refractivity contribution < 1.29 is 14.3 Å². The highest BCUT2D eigenvalue weighted by Crippen LogP contribution is 2.13. The van der Waals surface area contributed by atoms with Crippen LogP contribution in [0.3, 0.4) is 0 Å². The van der Waals surface area contributed by atoms with Crippen molar-refractivity contribution in [1.82, 2.24) is 4.98 Å². The van der Waals surface area contributed by atoms with Gasteiger partial charge in [-0.3, -0.25) is 0 Å². The number of ether oxygens (including phenoxy) is 2. The van der Waals surface area contributed by atoms with E-state index in [0.717, 1.165) is 4.47 Å². The van der Waals surface area contributed by atoms with Crippen molar-refractivity contribution >= 4 is 27.7 Å². The van der Waals surface area contributed by atoms with Crippen molar-refractivity contribution in [2.45, 2.75) is 13.2 Å². The van der Waals surface area contributed by atoms with E-state index >= 15 is 0 Å². The van der Waals surface area contributed by atoms with Crippen LogP contribution in [0.5, 0.6) is 0 Å². The van der Waals surface area contributed by atoms with Crippen molar-refractivity contribution in [2.24, 2.45) is 0 Å². The molecule has 0 aromatic carbocycles. The van der Waals surface area contributed by atoms with Gasteiger partial charge in [0.1, 0.15) is 5.82 Å². The maximum absolute atomic E-state index is 11.4. The Morgan fingerprint density at radius 1 is 1.69 bits per heavy atom. The fourth-order valence-corrected chi connectivity index (χ4v) is 1.39. The lowest BCUT2D eigenvalue weighted by Gasteiger charge is -2.15.